The van der Waals surface area contributed by atoms with E-state index in [0.29, 0.717) is 30.6 Å². The van der Waals surface area contributed by atoms with Gasteiger partial charge >= 0.3 is 0 Å². The molecule has 0 saturated carbocycles. The maximum Gasteiger partial charge on any atom is 0.254 e. The van der Waals surface area contributed by atoms with Gasteiger partial charge in [-0.3, -0.25) is 4.79 Å². The average Bonchev–Trinajstić information content (AvgIpc) is 3.29. The van der Waals surface area contributed by atoms with Gasteiger partial charge in [0.25, 0.3) is 5.91 Å². The number of thiophene rings is 1. The molecule has 0 atom stereocenters. The minimum atomic E-state index is -0.111. The lowest BCUT2D eigenvalue weighted by Crippen LogP contribution is -2.37. The summed E-state index contributed by atoms with van der Waals surface area (Å²) in [5.41, 5.74) is 7.67. The molecule has 1 saturated heterocycles. The Bertz CT molecular complexity index is 1100. The number of benzene rings is 1. The van der Waals surface area contributed by atoms with E-state index in [2.05, 4.69) is 31.1 Å². The standard InChI is InChI=1S/C25H31BrN4O3S/c1-32-19-8-12-30(13-9-19)11-3-2-10-28-25(31)21-14-29-24(27)22-17(16-34-23(21)22)15-33-20-6-4-18(26)5-7-20/h4-7,14,16,19H,2-3,8-13,15H2,1H3,(H2,27,29)(H,28,31). The van der Waals surface area contributed by atoms with Crippen molar-refractivity contribution in [2.45, 2.75) is 38.4 Å². The molecule has 4 rings (SSSR count). The number of ether oxygens (including phenoxy) is 2. The number of amides is 1. The second-order valence-electron chi connectivity index (χ2n) is 8.50. The Labute approximate surface area is 212 Å². The van der Waals surface area contributed by atoms with Crippen LogP contribution < -0.4 is 15.8 Å². The lowest BCUT2D eigenvalue weighted by molar-refractivity contribution is 0.0407. The summed E-state index contributed by atoms with van der Waals surface area (Å²) in [6.07, 6.45) is 6.19. The van der Waals surface area contributed by atoms with Gasteiger partial charge in [-0.1, -0.05) is 15.9 Å². The normalized spacial score (nSPS) is 15.0. The second kappa shape index (κ2) is 12.0. The predicted molar refractivity (Wildman–Crippen MR) is 141 cm³/mol. The number of nitrogens with two attached hydrogens (primary N) is 1. The van der Waals surface area contributed by atoms with Crippen molar-refractivity contribution in [3.05, 3.63) is 51.4 Å². The summed E-state index contributed by atoms with van der Waals surface area (Å²) in [5.74, 6) is 1.08. The second-order valence-corrected chi connectivity index (χ2v) is 10.3. The fourth-order valence-corrected chi connectivity index (χ4v) is 5.55. The van der Waals surface area contributed by atoms with Gasteiger partial charge in [-0.25, -0.2) is 4.98 Å². The van der Waals surface area contributed by atoms with Gasteiger partial charge in [-0.2, -0.15) is 0 Å². The van der Waals surface area contributed by atoms with Gasteiger partial charge in [-0.15, -0.1) is 11.3 Å². The van der Waals surface area contributed by atoms with Gasteiger partial charge in [0.2, 0.25) is 0 Å². The smallest absolute Gasteiger partial charge is 0.254 e. The zero-order valence-corrected chi connectivity index (χ0v) is 21.8. The van der Waals surface area contributed by atoms with Crippen LogP contribution in [0.5, 0.6) is 5.75 Å². The van der Waals surface area contributed by atoms with Crippen LogP contribution in [0.1, 0.15) is 41.6 Å². The number of aromatic nitrogens is 1. The first-order chi connectivity index (χ1) is 16.5. The molecule has 7 nitrogen and oxygen atoms in total. The Balaban J connectivity index is 1.29. The minimum Gasteiger partial charge on any atom is -0.489 e. The van der Waals surface area contributed by atoms with Gasteiger partial charge < -0.3 is 25.4 Å². The third-order valence-electron chi connectivity index (χ3n) is 6.21. The molecule has 0 unspecified atom stereocenters. The number of hydrogen-bond donors (Lipinski definition) is 2. The average molecular weight is 548 g/mol. The van der Waals surface area contributed by atoms with E-state index in [-0.39, 0.29) is 5.91 Å². The lowest BCUT2D eigenvalue weighted by Gasteiger charge is -2.31. The van der Waals surface area contributed by atoms with E-state index in [1.165, 1.54) is 11.3 Å². The van der Waals surface area contributed by atoms with E-state index in [9.17, 15) is 4.79 Å². The number of unbranched alkanes of at least 4 members (excludes halogenated alkanes) is 1. The van der Waals surface area contributed by atoms with Crippen LogP contribution in [0.4, 0.5) is 5.82 Å². The SMILES string of the molecule is COC1CCN(CCCCNC(=O)c2cnc(N)c3c(COc4ccc(Br)cc4)csc23)CC1. The van der Waals surface area contributed by atoms with Crippen LogP contribution in [0.2, 0.25) is 0 Å². The molecule has 1 amide bonds. The van der Waals surface area contributed by atoms with Gasteiger partial charge in [0, 0.05) is 48.4 Å². The number of halogens is 1. The molecule has 182 valence electrons. The largest absolute Gasteiger partial charge is 0.489 e. The first-order valence-electron chi connectivity index (χ1n) is 11.6. The van der Waals surface area contributed by atoms with Crippen LogP contribution >= 0.6 is 27.3 Å². The Kier molecular flexibility index (Phi) is 8.77. The summed E-state index contributed by atoms with van der Waals surface area (Å²) < 4.78 is 13.2. The number of anilines is 1. The van der Waals surface area contributed by atoms with Crippen LogP contribution in [-0.2, 0) is 11.3 Å². The van der Waals surface area contributed by atoms with Crippen LogP contribution in [0.15, 0.2) is 40.3 Å². The number of hydrogen-bond acceptors (Lipinski definition) is 7. The van der Waals surface area contributed by atoms with Crippen molar-refractivity contribution < 1.29 is 14.3 Å². The van der Waals surface area contributed by atoms with Crippen molar-refractivity contribution in [1.82, 2.24) is 15.2 Å². The molecule has 0 spiro atoms. The maximum atomic E-state index is 12.9. The monoisotopic (exact) mass is 546 g/mol. The van der Waals surface area contributed by atoms with Crippen molar-refractivity contribution >= 4 is 49.1 Å². The maximum absolute atomic E-state index is 12.9. The number of methoxy groups -OCH3 is 1. The fourth-order valence-electron chi connectivity index (χ4n) is 4.22. The first-order valence-corrected chi connectivity index (χ1v) is 13.3. The van der Waals surface area contributed by atoms with Crippen LogP contribution in [-0.4, -0.2) is 55.2 Å². The summed E-state index contributed by atoms with van der Waals surface area (Å²) in [4.78, 5) is 19.7. The third kappa shape index (κ3) is 6.27. The molecular weight excluding hydrogens is 516 g/mol. The summed E-state index contributed by atoms with van der Waals surface area (Å²) in [6, 6.07) is 7.67. The molecule has 34 heavy (non-hydrogen) atoms. The van der Waals surface area contributed by atoms with Crippen LogP contribution in [0, 0.1) is 0 Å². The number of rotatable bonds is 10. The van der Waals surface area contributed by atoms with E-state index in [4.69, 9.17) is 15.2 Å². The Morgan fingerprint density at radius 2 is 2.03 bits per heavy atom. The van der Waals surface area contributed by atoms with E-state index in [1.54, 1.807) is 13.3 Å². The van der Waals surface area contributed by atoms with E-state index in [1.807, 2.05) is 29.6 Å². The number of nitrogens with zero attached hydrogens (tertiary/aromatic N) is 2. The molecule has 0 bridgehead atoms. The Hall–Kier alpha value is -2.20. The summed E-state index contributed by atoms with van der Waals surface area (Å²) in [5, 5.41) is 5.84. The van der Waals surface area contributed by atoms with E-state index >= 15 is 0 Å². The van der Waals surface area contributed by atoms with E-state index in [0.717, 1.165) is 71.2 Å². The number of carbonyl (C=O) groups excluding carboxylic acids is 1. The highest BCUT2D eigenvalue weighted by Gasteiger charge is 2.19. The van der Waals surface area contributed by atoms with Crippen molar-refractivity contribution in [3.63, 3.8) is 0 Å². The van der Waals surface area contributed by atoms with E-state index < -0.39 is 0 Å². The molecule has 3 heterocycles. The molecular formula is C25H31BrN4O3S. The highest BCUT2D eigenvalue weighted by atomic mass is 79.9. The fraction of sp³-hybridized carbons (Fsp3) is 0.440. The van der Waals surface area contributed by atoms with Gasteiger partial charge in [0.1, 0.15) is 18.2 Å². The number of carbonyl (C=O) groups is 1. The molecule has 3 aromatic rings. The summed E-state index contributed by atoms with van der Waals surface area (Å²) >= 11 is 4.92. The van der Waals surface area contributed by atoms with Crippen molar-refractivity contribution in [1.29, 1.82) is 0 Å². The highest BCUT2D eigenvalue weighted by Crippen LogP contribution is 2.33. The lowest BCUT2D eigenvalue weighted by atomic mass is 10.1. The van der Waals surface area contributed by atoms with Crippen LogP contribution in [0.25, 0.3) is 10.1 Å². The Morgan fingerprint density at radius 3 is 2.76 bits per heavy atom. The van der Waals surface area contributed by atoms with Gasteiger partial charge in [0.15, 0.2) is 0 Å². The van der Waals surface area contributed by atoms with Crippen molar-refractivity contribution in [2.75, 3.05) is 39.0 Å². The number of likely N-dealkylation sites (tertiary alicyclic amines) is 1. The first kappa shape index (κ1) is 24.9. The molecule has 2 aromatic heterocycles. The number of pyridine rings is 1. The zero-order chi connectivity index (χ0) is 23.9. The van der Waals surface area contributed by atoms with Gasteiger partial charge in [0.05, 0.1) is 16.4 Å². The minimum absolute atomic E-state index is 0.111. The Morgan fingerprint density at radius 1 is 1.26 bits per heavy atom. The number of nitrogens with one attached hydrogen (secondary N) is 1. The summed E-state index contributed by atoms with van der Waals surface area (Å²) in [7, 11) is 1.79. The number of piperidine rings is 1. The molecule has 1 aliphatic rings. The number of nitrogen functional groups attached to an aromatic ring is 1. The summed E-state index contributed by atoms with van der Waals surface area (Å²) in [6.45, 7) is 4.25. The molecule has 1 fully saturated rings. The van der Waals surface area contributed by atoms with Crippen molar-refractivity contribution in [3.8, 4) is 5.75 Å². The zero-order valence-electron chi connectivity index (χ0n) is 19.4. The van der Waals surface area contributed by atoms with Crippen LogP contribution in [0.3, 0.4) is 0 Å². The molecule has 3 N–H and O–H groups in total. The molecule has 1 aliphatic heterocycles. The quantitative estimate of drug-likeness (QED) is 0.353. The van der Waals surface area contributed by atoms with Gasteiger partial charge in [-0.05, 0) is 61.9 Å². The van der Waals surface area contributed by atoms with Crippen molar-refractivity contribution in [2.24, 2.45) is 0 Å². The molecule has 0 aliphatic carbocycles. The molecule has 0 radical (unpaired) electrons. The molecule has 9 heteroatoms. The topological polar surface area (TPSA) is 89.7 Å². The molecule has 1 aromatic carbocycles. The predicted octanol–water partition coefficient (Wildman–Crippen LogP) is 4.84. The highest BCUT2D eigenvalue weighted by molar-refractivity contribution is 9.10. The third-order valence-corrected chi connectivity index (χ3v) is 7.80. The number of fused-ring (bicyclic) bond motifs is 1.